The zero-order valence-corrected chi connectivity index (χ0v) is 10.9. The largest absolute Gasteiger partial charge is 0.171 e. The molecule has 0 saturated heterocycles. The molecule has 0 aliphatic carbocycles. The Bertz CT molecular complexity index is 268. The molecule has 0 bridgehead atoms. The second kappa shape index (κ2) is 7.19. The molecule has 0 nitrogen and oxygen atoms in total. The molecule has 1 unspecified atom stereocenters. The molecule has 0 radical (unpaired) electrons. The van der Waals surface area contributed by atoms with Crippen LogP contribution in [0.4, 0.5) is 0 Å². The molecule has 1 aromatic carbocycles. The van der Waals surface area contributed by atoms with Crippen LogP contribution >= 0.6 is 24.2 Å². The fraction of sp³-hybridized carbons (Fsp3) is 0.538. The van der Waals surface area contributed by atoms with E-state index >= 15 is 0 Å². The van der Waals surface area contributed by atoms with Crippen molar-refractivity contribution < 1.29 is 0 Å². The van der Waals surface area contributed by atoms with Crippen LogP contribution in [0.5, 0.6) is 0 Å². The van der Waals surface area contributed by atoms with Crippen molar-refractivity contribution in [3.63, 3.8) is 0 Å². The summed E-state index contributed by atoms with van der Waals surface area (Å²) in [5.74, 6) is 0. The standard InChI is InChI=1S/C13H19ClS/c1-2-3-4-5-6-13(15)11-7-9-12(14)10-8-11/h7-10,13,15H,2-6H2,1H3. The van der Waals surface area contributed by atoms with Gasteiger partial charge < -0.3 is 0 Å². The molecule has 1 aromatic rings. The maximum absolute atomic E-state index is 5.84. The normalized spacial score (nSPS) is 12.7. The van der Waals surface area contributed by atoms with Crippen molar-refractivity contribution in [3.05, 3.63) is 34.9 Å². The molecular weight excluding hydrogens is 224 g/mol. The molecule has 0 amide bonds. The van der Waals surface area contributed by atoms with Crippen LogP contribution in [0.2, 0.25) is 5.02 Å². The van der Waals surface area contributed by atoms with Crippen molar-refractivity contribution in [1.29, 1.82) is 0 Å². The summed E-state index contributed by atoms with van der Waals surface area (Å²) in [7, 11) is 0. The molecule has 0 heterocycles. The van der Waals surface area contributed by atoms with E-state index in [4.69, 9.17) is 11.6 Å². The van der Waals surface area contributed by atoms with E-state index < -0.39 is 0 Å². The molecule has 0 spiro atoms. The second-order valence-corrected chi connectivity index (χ2v) is 4.98. The third-order valence-corrected chi connectivity index (χ3v) is 3.39. The molecule has 0 saturated carbocycles. The first-order valence-electron chi connectivity index (χ1n) is 5.67. The molecule has 1 atom stereocenters. The van der Waals surface area contributed by atoms with Gasteiger partial charge in [0.2, 0.25) is 0 Å². The molecule has 0 aromatic heterocycles. The zero-order chi connectivity index (χ0) is 11.1. The van der Waals surface area contributed by atoms with Gasteiger partial charge in [0, 0.05) is 10.3 Å². The summed E-state index contributed by atoms with van der Waals surface area (Å²) in [6, 6.07) is 8.01. The van der Waals surface area contributed by atoms with Gasteiger partial charge in [0.1, 0.15) is 0 Å². The quantitative estimate of drug-likeness (QED) is 0.509. The number of hydrogen-bond donors (Lipinski definition) is 1. The summed E-state index contributed by atoms with van der Waals surface area (Å²) in [5, 5.41) is 1.16. The van der Waals surface area contributed by atoms with Crippen LogP contribution in [0.15, 0.2) is 24.3 Å². The third kappa shape index (κ3) is 4.94. The Labute approximate surface area is 103 Å². The molecule has 84 valence electrons. The van der Waals surface area contributed by atoms with E-state index in [1.165, 1.54) is 31.2 Å². The molecule has 0 N–H and O–H groups in total. The average Bonchev–Trinajstić information content (AvgIpc) is 2.25. The van der Waals surface area contributed by atoms with Gasteiger partial charge in [-0.2, -0.15) is 12.6 Å². The van der Waals surface area contributed by atoms with Crippen LogP contribution in [0, 0.1) is 0 Å². The molecule has 15 heavy (non-hydrogen) atoms. The van der Waals surface area contributed by atoms with E-state index in [2.05, 4.69) is 31.7 Å². The van der Waals surface area contributed by atoms with Gasteiger partial charge in [-0.05, 0) is 24.1 Å². The lowest BCUT2D eigenvalue weighted by Gasteiger charge is -2.10. The maximum atomic E-state index is 5.84. The molecule has 0 aliphatic rings. The smallest absolute Gasteiger partial charge is 0.0406 e. The highest BCUT2D eigenvalue weighted by Crippen LogP contribution is 2.27. The minimum Gasteiger partial charge on any atom is -0.171 e. The van der Waals surface area contributed by atoms with Crippen molar-refractivity contribution in [2.75, 3.05) is 0 Å². The van der Waals surface area contributed by atoms with Gasteiger partial charge in [-0.3, -0.25) is 0 Å². The van der Waals surface area contributed by atoms with Crippen molar-refractivity contribution in [2.24, 2.45) is 0 Å². The number of unbranched alkanes of at least 4 members (excludes halogenated alkanes) is 3. The Morgan fingerprint density at radius 2 is 1.80 bits per heavy atom. The fourth-order valence-electron chi connectivity index (χ4n) is 1.62. The number of thiol groups is 1. The average molecular weight is 243 g/mol. The Kier molecular flexibility index (Phi) is 6.19. The Hall–Kier alpha value is -0.140. The van der Waals surface area contributed by atoms with Crippen LogP contribution in [0.3, 0.4) is 0 Å². The Morgan fingerprint density at radius 1 is 1.13 bits per heavy atom. The predicted molar refractivity (Wildman–Crippen MR) is 71.9 cm³/mol. The number of halogens is 1. The molecule has 2 heteroatoms. The highest BCUT2D eigenvalue weighted by atomic mass is 35.5. The van der Waals surface area contributed by atoms with E-state index in [1.807, 2.05) is 12.1 Å². The summed E-state index contributed by atoms with van der Waals surface area (Å²) in [6.45, 7) is 2.23. The first-order valence-corrected chi connectivity index (χ1v) is 6.57. The van der Waals surface area contributed by atoms with Gasteiger partial charge >= 0.3 is 0 Å². The SMILES string of the molecule is CCCCCCC(S)c1ccc(Cl)cc1. The minimum atomic E-state index is 0.360. The Morgan fingerprint density at radius 3 is 2.40 bits per heavy atom. The molecular formula is C13H19ClS. The summed E-state index contributed by atoms with van der Waals surface area (Å²) in [6.07, 6.45) is 6.37. The maximum Gasteiger partial charge on any atom is 0.0406 e. The van der Waals surface area contributed by atoms with E-state index in [0.29, 0.717) is 5.25 Å². The van der Waals surface area contributed by atoms with Gasteiger partial charge in [0.25, 0.3) is 0 Å². The van der Waals surface area contributed by atoms with E-state index in [9.17, 15) is 0 Å². The van der Waals surface area contributed by atoms with Gasteiger partial charge in [0.05, 0.1) is 0 Å². The summed E-state index contributed by atoms with van der Waals surface area (Å²) in [4.78, 5) is 0. The number of rotatable bonds is 6. The number of hydrogen-bond acceptors (Lipinski definition) is 1. The highest BCUT2D eigenvalue weighted by molar-refractivity contribution is 7.80. The topological polar surface area (TPSA) is 0 Å². The Balaban J connectivity index is 2.33. The first kappa shape index (κ1) is 12.9. The molecule has 1 rings (SSSR count). The van der Waals surface area contributed by atoms with Crippen molar-refractivity contribution in [1.82, 2.24) is 0 Å². The van der Waals surface area contributed by atoms with E-state index in [1.54, 1.807) is 0 Å². The summed E-state index contributed by atoms with van der Waals surface area (Å²) in [5.41, 5.74) is 1.28. The van der Waals surface area contributed by atoms with Crippen LogP contribution in [-0.4, -0.2) is 0 Å². The number of benzene rings is 1. The van der Waals surface area contributed by atoms with E-state index in [0.717, 1.165) is 11.4 Å². The second-order valence-electron chi connectivity index (χ2n) is 3.92. The first-order chi connectivity index (χ1) is 7.24. The van der Waals surface area contributed by atoms with Crippen LogP contribution < -0.4 is 0 Å². The monoisotopic (exact) mass is 242 g/mol. The lowest BCUT2D eigenvalue weighted by atomic mass is 10.1. The van der Waals surface area contributed by atoms with Crippen molar-refractivity contribution in [2.45, 2.75) is 44.3 Å². The molecule has 0 fully saturated rings. The van der Waals surface area contributed by atoms with E-state index in [-0.39, 0.29) is 0 Å². The van der Waals surface area contributed by atoms with Crippen molar-refractivity contribution >= 4 is 24.2 Å². The predicted octanol–water partition coefficient (Wildman–Crippen LogP) is 5.28. The van der Waals surface area contributed by atoms with Crippen LogP contribution in [0.25, 0.3) is 0 Å². The summed E-state index contributed by atoms with van der Waals surface area (Å²) >= 11 is 10.4. The summed E-state index contributed by atoms with van der Waals surface area (Å²) < 4.78 is 0. The van der Waals surface area contributed by atoms with Gasteiger partial charge in [-0.25, -0.2) is 0 Å². The highest BCUT2D eigenvalue weighted by Gasteiger charge is 2.05. The fourth-order valence-corrected chi connectivity index (χ4v) is 2.10. The zero-order valence-electron chi connectivity index (χ0n) is 9.25. The third-order valence-electron chi connectivity index (χ3n) is 2.59. The van der Waals surface area contributed by atoms with Crippen molar-refractivity contribution in [3.8, 4) is 0 Å². The lowest BCUT2D eigenvalue weighted by Crippen LogP contribution is -1.90. The van der Waals surface area contributed by atoms with Gasteiger partial charge in [0.15, 0.2) is 0 Å². The van der Waals surface area contributed by atoms with Gasteiger partial charge in [-0.15, -0.1) is 0 Å². The molecule has 0 aliphatic heterocycles. The van der Waals surface area contributed by atoms with Gasteiger partial charge in [-0.1, -0.05) is 56.3 Å². The van der Waals surface area contributed by atoms with Crippen LogP contribution in [0.1, 0.15) is 49.8 Å². The van der Waals surface area contributed by atoms with Crippen LogP contribution in [-0.2, 0) is 0 Å². The lowest BCUT2D eigenvalue weighted by molar-refractivity contribution is 0.628. The minimum absolute atomic E-state index is 0.360.